The number of rotatable bonds is 3. The Balaban J connectivity index is 1.50. The van der Waals surface area contributed by atoms with Crippen molar-refractivity contribution in [3.63, 3.8) is 0 Å². The SMILES string of the molecule is CC(C)(C)c1ccc(-c2c3c(c(-c4ccc(C(C)(C)C)cc4)c4ccccc24)-c2ccc(-c4ccccc4)c4cccc-3c24)cc1. The van der Waals surface area contributed by atoms with Gasteiger partial charge < -0.3 is 0 Å². The zero-order valence-corrected chi connectivity index (χ0v) is 27.7. The van der Waals surface area contributed by atoms with Crippen molar-refractivity contribution in [3.05, 3.63) is 145 Å². The molecule has 8 rings (SSSR count). The van der Waals surface area contributed by atoms with E-state index in [2.05, 4.69) is 175 Å². The average molecular weight is 593 g/mol. The molecule has 7 aromatic carbocycles. The fraction of sp³-hybridized carbons (Fsp3) is 0.174. The van der Waals surface area contributed by atoms with E-state index in [0.29, 0.717) is 0 Å². The zero-order valence-electron chi connectivity index (χ0n) is 27.7. The lowest BCUT2D eigenvalue weighted by Crippen LogP contribution is -2.10. The summed E-state index contributed by atoms with van der Waals surface area (Å²) in [6.45, 7) is 13.7. The van der Waals surface area contributed by atoms with Crippen molar-refractivity contribution in [1.29, 1.82) is 0 Å². The molecule has 0 saturated heterocycles. The van der Waals surface area contributed by atoms with Gasteiger partial charge in [0, 0.05) is 0 Å². The highest BCUT2D eigenvalue weighted by Crippen LogP contribution is 2.58. The summed E-state index contributed by atoms with van der Waals surface area (Å²) >= 11 is 0. The van der Waals surface area contributed by atoms with Gasteiger partial charge in [0.1, 0.15) is 0 Å². The minimum atomic E-state index is 0.0985. The highest BCUT2D eigenvalue weighted by Gasteiger charge is 2.31. The van der Waals surface area contributed by atoms with Gasteiger partial charge in [-0.3, -0.25) is 0 Å². The van der Waals surface area contributed by atoms with E-state index < -0.39 is 0 Å². The maximum absolute atomic E-state index is 2.38. The molecule has 0 fully saturated rings. The summed E-state index contributed by atoms with van der Waals surface area (Å²) in [4.78, 5) is 0. The molecule has 224 valence electrons. The molecule has 7 aromatic rings. The van der Waals surface area contributed by atoms with Crippen LogP contribution in [0.2, 0.25) is 0 Å². The summed E-state index contributed by atoms with van der Waals surface area (Å²) in [6, 6.07) is 50.2. The Morgan fingerprint density at radius 1 is 0.304 bits per heavy atom. The van der Waals surface area contributed by atoms with E-state index in [4.69, 9.17) is 0 Å². The molecule has 0 N–H and O–H groups in total. The average Bonchev–Trinajstić information content (AvgIpc) is 3.38. The first-order valence-corrected chi connectivity index (χ1v) is 16.5. The van der Waals surface area contributed by atoms with Crippen LogP contribution in [0.5, 0.6) is 0 Å². The summed E-state index contributed by atoms with van der Waals surface area (Å²) in [5, 5.41) is 5.26. The summed E-state index contributed by atoms with van der Waals surface area (Å²) in [5.41, 5.74) is 16.0. The zero-order chi connectivity index (χ0) is 31.8. The fourth-order valence-electron chi connectivity index (χ4n) is 7.54. The number of hydrogen-bond donors (Lipinski definition) is 0. The van der Waals surface area contributed by atoms with Crippen LogP contribution >= 0.6 is 0 Å². The molecule has 0 unspecified atom stereocenters. The van der Waals surface area contributed by atoms with E-state index in [0.717, 1.165) is 0 Å². The highest BCUT2D eigenvalue weighted by molar-refractivity contribution is 6.28. The molecule has 0 spiro atoms. The first-order chi connectivity index (χ1) is 22.1. The molecule has 0 aliphatic heterocycles. The number of benzene rings is 7. The standard InChI is InChI=1S/C46H40/c1-45(2,3)32-23-19-30(20-24-32)40-36-15-10-11-16-37(36)41(31-21-25-33(26-22-31)46(4,5)6)44-39-28-27-34(29-13-8-7-9-14-29)35-17-12-18-38(42(35)39)43(40)44/h7-28H,1-6H3. The third kappa shape index (κ3) is 4.43. The molecule has 0 nitrogen and oxygen atoms in total. The monoisotopic (exact) mass is 592 g/mol. The van der Waals surface area contributed by atoms with Crippen LogP contribution in [-0.4, -0.2) is 0 Å². The van der Waals surface area contributed by atoms with E-state index in [1.54, 1.807) is 0 Å². The van der Waals surface area contributed by atoms with Gasteiger partial charge in [-0.25, -0.2) is 0 Å². The lowest BCUT2D eigenvalue weighted by atomic mass is 9.80. The quantitative estimate of drug-likeness (QED) is 0.191. The minimum Gasteiger partial charge on any atom is -0.0622 e. The van der Waals surface area contributed by atoms with Crippen LogP contribution in [0.1, 0.15) is 52.7 Å². The second kappa shape index (κ2) is 10.3. The highest BCUT2D eigenvalue weighted by atomic mass is 14.3. The van der Waals surface area contributed by atoms with Gasteiger partial charge in [0.15, 0.2) is 0 Å². The molecule has 1 aliphatic rings. The summed E-state index contributed by atoms with van der Waals surface area (Å²) in [6.07, 6.45) is 0. The van der Waals surface area contributed by atoms with Crippen LogP contribution in [0.15, 0.2) is 133 Å². The first-order valence-electron chi connectivity index (χ1n) is 16.5. The van der Waals surface area contributed by atoms with Crippen molar-refractivity contribution >= 4 is 21.5 Å². The summed E-state index contributed by atoms with van der Waals surface area (Å²) < 4.78 is 0. The van der Waals surface area contributed by atoms with Gasteiger partial charge in [-0.1, -0.05) is 175 Å². The van der Waals surface area contributed by atoms with E-state index in [-0.39, 0.29) is 10.8 Å². The fourth-order valence-corrected chi connectivity index (χ4v) is 7.54. The number of fused-ring (bicyclic) bond motifs is 4. The van der Waals surface area contributed by atoms with Gasteiger partial charge in [-0.2, -0.15) is 0 Å². The molecule has 46 heavy (non-hydrogen) atoms. The van der Waals surface area contributed by atoms with Crippen LogP contribution in [0.25, 0.3) is 77.2 Å². The molecular formula is C46H40. The largest absolute Gasteiger partial charge is 0.0622 e. The smallest absolute Gasteiger partial charge is 0.000741 e. The van der Waals surface area contributed by atoms with Crippen LogP contribution in [0.3, 0.4) is 0 Å². The molecule has 0 aromatic heterocycles. The van der Waals surface area contributed by atoms with Crippen LogP contribution in [-0.2, 0) is 10.8 Å². The minimum absolute atomic E-state index is 0.0985. The van der Waals surface area contributed by atoms with Crippen molar-refractivity contribution in [2.75, 3.05) is 0 Å². The Morgan fingerprint density at radius 3 is 1.24 bits per heavy atom. The van der Waals surface area contributed by atoms with Crippen molar-refractivity contribution < 1.29 is 0 Å². The van der Waals surface area contributed by atoms with Gasteiger partial charge >= 0.3 is 0 Å². The molecular weight excluding hydrogens is 553 g/mol. The van der Waals surface area contributed by atoms with Gasteiger partial charge in [-0.15, -0.1) is 0 Å². The normalized spacial score (nSPS) is 12.6. The molecule has 0 heterocycles. The summed E-state index contributed by atoms with van der Waals surface area (Å²) in [7, 11) is 0. The molecule has 0 saturated carbocycles. The van der Waals surface area contributed by atoms with E-state index in [9.17, 15) is 0 Å². The van der Waals surface area contributed by atoms with Gasteiger partial charge in [0.05, 0.1) is 0 Å². The third-order valence-corrected chi connectivity index (χ3v) is 9.96. The van der Waals surface area contributed by atoms with E-state index in [1.165, 1.54) is 88.3 Å². The van der Waals surface area contributed by atoms with Crippen molar-refractivity contribution in [2.45, 2.75) is 52.4 Å². The Morgan fingerprint density at radius 2 is 0.739 bits per heavy atom. The second-order valence-corrected chi connectivity index (χ2v) is 15.0. The van der Waals surface area contributed by atoms with Gasteiger partial charge in [-0.05, 0) is 99.1 Å². The number of hydrogen-bond acceptors (Lipinski definition) is 0. The Labute approximate surface area is 273 Å². The predicted octanol–water partition coefficient (Wildman–Crippen LogP) is 13.2. The lowest BCUT2D eigenvalue weighted by molar-refractivity contribution is 0.590. The molecule has 0 atom stereocenters. The van der Waals surface area contributed by atoms with Gasteiger partial charge in [0.2, 0.25) is 0 Å². The Kier molecular flexibility index (Phi) is 6.38. The van der Waals surface area contributed by atoms with Crippen molar-refractivity contribution in [1.82, 2.24) is 0 Å². The van der Waals surface area contributed by atoms with Gasteiger partial charge in [0.25, 0.3) is 0 Å². The van der Waals surface area contributed by atoms with Crippen molar-refractivity contribution in [2.24, 2.45) is 0 Å². The lowest BCUT2D eigenvalue weighted by Gasteiger charge is -2.23. The Bertz CT molecular complexity index is 2160. The summed E-state index contributed by atoms with van der Waals surface area (Å²) in [5.74, 6) is 0. The first kappa shape index (κ1) is 28.5. The Hall–Kier alpha value is -4.94. The van der Waals surface area contributed by atoms with Crippen molar-refractivity contribution in [3.8, 4) is 55.6 Å². The molecule has 0 heteroatoms. The molecule has 1 aliphatic carbocycles. The van der Waals surface area contributed by atoms with Crippen LogP contribution in [0.4, 0.5) is 0 Å². The maximum Gasteiger partial charge on any atom is -0.000741 e. The molecule has 0 amide bonds. The second-order valence-electron chi connectivity index (χ2n) is 15.0. The predicted molar refractivity (Wildman–Crippen MR) is 200 cm³/mol. The van der Waals surface area contributed by atoms with E-state index >= 15 is 0 Å². The van der Waals surface area contributed by atoms with E-state index in [1.807, 2.05) is 0 Å². The third-order valence-electron chi connectivity index (χ3n) is 9.96. The van der Waals surface area contributed by atoms with Crippen LogP contribution < -0.4 is 0 Å². The van der Waals surface area contributed by atoms with Crippen LogP contribution in [0, 0.1) is 0 Å². The molecule has 0 bridgehead atoms. The molecule has 0 radical (unpaired) electrons. The topological polar surface area (TPSA) is 0 Å². The maximum atomic E-state index is 2.38.